The molecule has 1 aromatic rings. The Morgan fingerprint density at radius 1 is 1.38 bits per heavy atom. The number of hydrogen-bond acceptors (Lipinski definition) is 3. The highest BCUT2D eigenvalue weighted by molar-refractivity contribution is 5.94. The van der Waals surface area contributed by atoms with Gasteiger partial charge in [-0.1, -0.05) is 32.1 Å². The Labute approximate surface area is 127 Å². The van der Waals surface area contributed by atoms with Crippen molar-refractivity contribution in [2.24, 2.45) is 5.92 Å². The van der Waals surface area contributed by atoms with Crippen molar-refractivity contribution in [2.75, 3.05) is 26.4 Å². The van der Waals surface area contributed by atoms with Gasteiger partial charge in [-0.15, -0.1) is 0 Å². The maximum atomic E-state index is 12.0. The van der Waals surface area contributed by atoms with Crippen LogP contribution >= 0.6 is 0 Å². The van der Waals surface area contributed by atoms with Gasteiger partial charge >= 0.3 is 0 Å². The molecule has 1 N–H and O–H groups in total. The zero-order chi connectivity index (χ0) is 15.7. The normalized spacial score (nSPS) is 10.5. The third kappa shape index (κ3) is 7.51. The summed E-state index contributed by atoms with van der Waals surface area (Å²) >= 11 is 0. The number of carbonyl (C=O) groups is 1. The molecular weight excluding hydrogens is 266 g/mol. The SMILES string of the molecule is C=C(C)COCCNC(=O)c1cccc(OCC(C)C)c1. The first-order valence-corrected chi connectivity index (χ1v) is 7.22. The van der Waals surface area contributed by atoms with Crippen LogP contribution in [0.15, 0.2) is 36.4 Å². The third-order valence-electron chi connectivity index (χ3n) is 2.56. The standard InChI is InChI=1S/C17H25NO3/c1-13(2)11-20-9-8-18-17(19)15-6-5-7-16(10-15)21-12-14(3)4/h5-7,10,14H,1,8-9,11-12H2,2-4H3,(H,18,19). The predicted molar refractivity (Wildman–Crippen MR) is 84.7 cm³/mol. The van der Waals surface area contributed by atoms with Gasteiger partial charge in [0.05, 0.1) is 19.8 Å². The first-order chi connectivity index (χ1) is 9.99. The van der Waals surface area contributed by atoms with Crippen molar-refractivity contribution in [2.45, 2.75) is 20.8 Å². The van der Waals surface area contributed by atoms with Crippen LogP contribution < -0.4 is 10.1 Å². The molecular formula is C17H25NO3. The van der Waals surface area contributed by atoms with Crippen LogP contribution in [0, 0.1) is 5.92 Å². The average Bonchev–Trinajstić information content (AvgIpc) is 2.44. The van der Waals surface area contributed by atoms with E-state index in [1.54, 1.807) is 12.1 Å². The second kappa shape index (κ2) is 9.19. The highest BCUT2D eigenvalue weighted by Crippen LogP contribution is 2.14. The van der Waals surface area contributed by atoms with E-state index in [1.807, 2.05) is 19.1 Å². The van der Waals surface area contributed by atoms with Gasteiger partial charge in [0.1, 0.15) is 5.75 Å². The van der Waals surface area contributed by atoms with Gasteiger partial charge in [-0.3, -0.25) is 4.79 Å². The fourth-order valence-corrected chi connectivity index (χ4v) is 1.58. The van der Waals surface area contributed by atoms with E-state index in [0.29, 0.717) is 37.8 Å². The molecule has 0 saturated carbocycles. The Morgan fingerprint density at radius 2 is 2.14 bits per heavy atom. The number of rotatable bonds is 9. The molecule has 116 valence electrons. The summed E-state index contributed by atoms with van der Waals surface area (Å²) in [5.41, 5.74) is 1.56. The number of nitrogens with one attached hydrogen (secondary N) is 1. The number of amides is 1. The summed E-state index contributed by atoms with van der Waals surface area (Å²) in [6.45, 7) is 11.9. The molecule has 0 aliphatic carbocycles. The van der Waals surface area contributed by atoms with Crippen molar-refractivity contribution >= 4 is 5.91 Å². The number of benzene rings is 1. The largest absolute Gasteiger partial charge is 0.493 e. The van der Waals surface area contributed by atoms with E-state index in [9.17, 15) is 4.79 Å². The summed E-state index contributed by atoms with van der Waals surface area (Å²) < 4.78 is 10.9. The highest BCUT2D eigenvalue weighted by Gasteiger charge is 2.06. The zero-order valence-corrected chi connectivity index (χ0v) is 13.1. The van der Waals surface area contributed by atoms with E-state index in [4.69, 9.17) is 9.47 Å². The van der Waals surface area contributed by atoms with Crippen molar-refractivity contribution in [1.82, 2.24) is 5.32 Å². The van der Waals surface area contributed by atoms with Gasteiger partial charge < -0.3 is 14.8 Å². The molecule has 1 amide bonds. The minimum Gasteiger partial charge on any atom is -0.493 e. The van der Waals surface area contributed by atoms with Crippen molar-refractivity contribution in [3.8, 4) is 5.75 Å². The molecule has 4 heteroatoms. The van der Waals surface area contributed by atoms with E-state index in [0.717, 1.165) is 11.3 Å². The molecule has 0 aliphatic rings. The van der Waals surface area contributed by atoms with Crippen molar-refractivity contribution in [3.63, 3.8) is 0 Å². The summed E-state index contributed by atoms with van der Waals surface area (Å²) in [6, 6.07) is 7.20. The van der Waals surface area contributed by atoms with Crippen molar-refractivity contribution in [3.05, 3.63) is 42.0 Å². The van der Waals surface area contributed by atoms with Gasteiger partial charge in [0.25, 0.3) is 5.91 Å². The molecule has 0 fully saturated rings. The Morgan fingerprint density at radius 3 is 2.81 bits per heavy atom. The van der Waals surface area contributed by atoms with Crippen LogP contribution in [0.1, 0.15) is 31.1 Å². The van der Waals surface area contributed by atoms with E-state index in [2.05, 4.69) is 25.7 Å². The highest BCUT2D eigenvalue weighted by atomic mass is 16.5. The summed E-state index contributed by atoms with van der Waals surface area (Å²) in [4.78, 5) is 12.0. The summed E-state index contributed by atoms with van der Waals surface area (Å²) in [5, 5.41) is 2.82. The van der Waals surface area contributed by atoms with E-state index < -0.39 is 0 Å². The fraction of sp³-hybridized carbons (Fsp3) is 0.471. The molecule has 1 rings (SSSR count). The van der Waals surface area contributed by atoms with Crippen LogP contribution in [0.3, 0.4) is 0 Å². The van der Waals surface area contributed by atoms with Gasteiger partial charge in [-0.2, -0.15) is 0 Å². The smallest absolute Gasteiger partial charge is 0.251 e. The lowest BCUT2D eigenvalue weighted by atomic mass is 10.2. The molecule has 0 bridgehead atoms. The molecule has 0 spiro atoms. The first-order valence-electron chi connectivity index (χ1n) is 7.22. The lowest BCUT2D eigenvalue weighted by Gasteiger charge is -2.10. The molecule has 0 aliphatic heterocycles. The molecule has 1 aromatic carbocycles. The Balaban J connectivity index is 2.39. The van der Waals surface area contributed by atoms with Gasteiger partial charge in [-0.25, -0.2) is 0 Å². The molecule has 21 heavy (non-hydrogen) atoms. The zero-order valence-electron chi connectivity index (χ0n) is 13.1. The van der Waals surface area contributed by atoms with Gasteiger partial charge in [0.15, 0.2) is 0 Å². The van der Waals surface area contributed by atoms with Crippen LogP contribution in [0.4, 0.5) is 0 Å². The van der Waals surface area contributed by atoms with Crippen LogP contribution in [0.25, 0.3) is 0 Å². The lowest BCUT2D eigenvalue weighted by molar-refractivity contribution is 0.0926. The Bertz CT molecular complexity index is 469. The topological polar surface area (TPSA) is 47.6 Å². The van der Waals surface area contributed by atoms with E-state index in [-0.39, 0.29) is 5.91 Å². The lowest BCUT2D eigenvalue weighted by Crippen LogP contribution is -2.27. The van der Waals surface area contributed by atoms with Crippen LogP contribution in [-0.2, 0) is 4.74 Å². The fourth-order valence-electron chi connectivity index (χ4n) is 1.58. The van der Waals surface area contributed by atoms with Crippen molar-refractivity contribution in [1.29, 1.82) is 0 Å². The van der Waals surface area contributed by atoms with Gasteiger partial charge in [0, 0.05) is 12.1 Å². The number of ether oxygens (including phenoxy) is 2. The molecule has 4 nitrogen and oxygen atoms in total. The van der Waals surface area contributed by atoms with Gasteiger partial charge in [0.2, 0.25) is 0 Å². The van der Waals surface area contributed by atoms with E-state index in [1.165, 1.54) is 0 Å². The van der Waals surface area contributed by atoms with Crippen molar-refractivity contribution < 1.29 is 14.3 Å². The quantitative estimate of drug-likeness (QED) is 0.562. The monoisotopic (exact) mass is 291 g/mol. The second-order valence-electron chi connectivity index (χ2n) is 5.50. The molecule has 0 saturated heterocycles. The molecule has 0 atom stereocenters. The Kier molecular flexibility index (Phi) is 7.54. The summed E-state index contributed by atoms with van der Waals surface area (Å²) in [7, 11) is 0. The summed E-state index contributed by atoms with van der Waals surface area (Å²) in [6.07, 6.45) is 0. The average molecular weight is 291 g/mol. The van der Waals surface area contributed by atoms with E-state index >= 15 is 0 Å². The third-order valence-corrected chi connectivity index (χ3v) is 2.56. The first kappa shape index (κ1) is 17.2. The number of carbonyl (C=O) groups excluding carboxylic acids is 1. The Hall–Kier alpha value is -1.81. The van der Waals surface area contributed by atoms with Crippen LogP contribution in [-0.4, -0.2) is 32.3 Å². The maximum absolute atomic E-state index is 12.0. The minimum absolute atomic E-state index is 0.121. The second-order valence-corrected chi connectivity index (χ2v) is 5.50. The molecule has 0 unspecified atom stereocenters. The maximum Gasteiger partial charge on any atom is 0.251 e. The molecule has 0 heterocycles. The number of hydrogen-bond donors (Lipinski definition) is 1. The van der Waals surface area contributed by atoms with Crippen LogP contribution in [0.5, 0.6) is 5.75 Å². The van der Waals surface area contributed by atoms with Crippen LogP contribution in [0.2, 0.25) is 0 Å². The predicted octanol–water partition coefficient (Wildman–Crippen LogP) is 3.04. The molecule has 0 aromatic heterocycles. The van der Waals surface area contributed by atoms with Gasteiger partial charge in [-0.05, 0) is 31.0 Å². The minimum atomic E-state index is -0.121. The molecule has 0 radical (unpaired) electrons. The summed E-state index contributed by atoms with van der Waals surface area (Å²) in [5.74, 6) is 1.05.